The summed E-state index contributed by atoms with van der Waals surface area (Å²) in [7, 11) is 3.46. The van der Waals surface area contributed by atoms with Crippen molar-refractivity contribution >= 4 is 11.6 Å². The minimum Gasteiger partial charge on any atom is -0.496 e. The summed E-state index contributed by atoms with van der Waals surface area (Å²) < 4.78 is 11.6. The molecule has 3 aromatic carbocycles. The fourth-order valence-electron chi connectivity index (χ4n) is 5.03. The average molecular weight is 363 g/mol. The highest BCUT2D eigenvalue weighted by Gasteiger charge is 2.53. The summed E-state index contributed by atoms with van der Waals surface area (Å²) in [5.41, 5.74) is 7.08. The van der Waals surface area contributed by atoms with Crippen molar-refractivity contribution in [3.63, 3.8) is 0 Å². The van der Waals surface area contributed by atoms with Crippen LogP contribution in [0.25, 0.3) is 0 Å². The van der Waals surface area contributed by atoms with E-state index in [1.54, 1.807) is 14.2 Å². The molecule has 0 aliphatic heterocycles. The maximum atomic E-state index is 6.77. The molecule has 0 heterocycles. The van der Waals surface area contributed by atoms with Gasteiger partial charge in [0.05, 0.1) is 19.6 Å². The van der Waals surface area contributed by atoms with Gasteiger partial charge in [0, 0.05) is 22.9 Å². The van der Waals surface area contributed by atoms with Crippen molar-refractivity contribution in [2.75, 3.05) is 20.1 Å². The van der Waals surface area contributed by atoms with E-state index in [0.717, 1.165) is 17.1 Å². The summed E-state index contributed by atoms with van der Waals surface area (Å²) >= 11 is 6.77. The van der Waals surface area contributed by atoms with E-state index in [1.807, 2.05) is 12.1 Å². The summed E-state index contributed by atoms with van der Waals surface area (Å²) in [4.78, 5) is 0. The highest BCUT2D eigenvalue weighted by atomic mass is 35.5. The van der Waals surface area contributed by atoms with Gasteiger partial charge < -0.3 is 9.47 Å². The van der Waals surface area contributed by atoms with E-state index in [-0.39, 0.29) is 5.92 Å². The van der Waals surface area contributed by atoms with E-state index in [1.165, 1.54) is 27.8 Å². The van der Waals surface area contributed by atoms with Crippen LogP contribution >= 0.6 is 11.6 Å². The van der Waals surface area contributed by atoms with Crippen LogP contribution in [-0.4, -0.2) is 20.1 Å². The second-order valence-corrected chi connectivity index (χ2v) is 7.17. The monoisotopic (exact) mass is 362 g/mol. The van der Waals surface area contributed by atoms with Crippen LogP contribution in [0.4, 0.5) is 0 Å². The molecule has 0 fully saturated rings. The highest BCUT2D eigenvalue weighted by molar-refractivity contribution is 6.19. The van der Waals surface area contributed by atoms with Crippen LogP contribution in [0.1, 0.15) is 39.3 Å². The van der Waals surface area contributed by atoms with E-state index in [4.69, 9.17) is 21.1 Å². The third kappa shape index (κ3) is 1.68. The molecule has 3 heteroatoms. The molecule has 2 nitrogen and oxygen atoms in total. The molecule has 0 aromatic heterocycles. The summed E-state index contributed by atoms with van der Waals surface area (Å²) in [6, 6.07) is 21.3. The minimum absolute atomic E-state index is 0.132. The molecule has 3 aromatic rings. The molecule has 26 heavy (non-hydrogen) atoms. The Kier molecular flexibility index (Phi) is 3.35. The molecule has 0 spiro atoms. The number of hydrogen-bond acceptors (Lipinski definition) is 2. The van der Waals surface area contributed by atoms with Crippen LogP contribution in [0.15, 0.2) is 60.7 Å². The maximum absolute atomic E-state index is 6.77. The summed E-state index contributed by atoms with van der Waals surface area (Å²) in [6.07, 6.45) is 0. The van der Waals surface area contributed by atoms with Crippen molar-refractivity contribution in [2.45, 2.75) is 11.3 Å². The zero-order chi connectivity index (χ0) is 17.9. The first-order chi connectivity index (χ1) is 12.8. The van der Waals surface area contributed by atoms with Crippen molar-refractivity contribution in [3.05, 3.63) is 94.0 Å². The molecular formula is C23H19ClO2. The molecule has 130 valence electrons. The third-order valence-corrected chi connectivity index (χ3v) is 6.39. The zero-order valence-corrected chi connectivity index (χ0v) is 15.5. The number of alkyl halides is 1. The van der Waals surface area contributed by atoms with Crippen LogP contribution in [-0.2, 0) is 5.41 Å². The second-order valence-electron chi connectivity index (χ2n) is 6.91. The molecule has 0 amide bonds. The second kappa shape index (κ2) is 5.52. The van der Waals surface area contributed by atoms with Gasteiger partial charge in [-0.2, -0.15) is 0 Å². The van der Waals surface area contributed by atoms with Gasteiger partial charge in [0.2, 0.25) is 0 Å². The van der Waals surface area contributed by atoms with E-state index in [2.05, 4.69) is 48.5 Å². The summed E-state index contributed by atoms with van der Waals surface area (Å²) in [6.45, 7) is 0. The first-order valence-corrected chi connectivity index (χ1v) is 9.31. The van der Waals surface area contributed by atoms with Gasteiger partial charge in [0.1, 0.15) is 11.5 Å². The lowest BCUT2D eigenvalue weighted by Gasteiger charge is -2.50. The molecule has 0 unspecified atom stereocenters. The topological polar surface area (TPSA) is 18.5 Å². The molecule has 0 radical (unpaired) electrons. The van der Waals surface area contributed by atoms with E-state index in [9.17, 15) is 0 Å². The lowest BCUT2D eigenvalue weighted by Crippen LogP contribution is -2.44. The Morgan fingerprint density at radius 1 is 0.808 bits per heavy atom. The van der Waals surface area contributed by atoms with Crippen LogP contribution in [0, 0.1) is 0 Å². The lowest BCUT2D eigenvalue weighted by molar-refractivity contribution is 0.381. The number of rotatable bonds is 3. The Morgan fingerprint density at radius 3 is 1.88 bits per heavy atom. The predicted octanol–water partition coefficient (Wildman–Crippen LogP) is 5.08. The van der Waals surface area contributed by atoms with Gasteiger partial charge in [-0.1, -0.05) is 48.5 Å². The molecule has 0 saturated carbocycles. The van der Waals surface area contributed by atoms with Crippen LogP contribution in [0.3, 0.4) is 0 Å². The minimum atomic E-state index is -0.432. The Bertz CT molecular complexity index is 977. The van der Waals surface area contributed by atoms with Crippen LogP contribution in [0.2, 0.25) is 0 Å². The molecule has 0 saturated heterocycles. The van der Waals surface area contributed by atoms with Gasteiger partial charge in [-0.25, -0.2) is 0 Å². The molecule has 2 bridgehead atoms. The molecule has 6 rings (SSSR count). The van der Waals surface area contributed by atoms with Gasteiger partial charge in [0.25, 0.3) is 0 Å². The third-order valence-electron chi connectivity index (χ3n) is 5.99. The number of hydrogen-bond donors (Lipinski definition) is 0. The number of halogens is 1. The number of benzene rings is 3. The van der Waals surface area contributed by atoms with Crippen molar-refractivity contribution in [1.82, 2.24) is 0 Å². The quantitative estimate of drug-likeness (QED) is 0.604. The normalized spacial score (nSPS) is 21.6. The first-order valence-electron chi connectivity index (χ1n) is 8.78. The molecule has 3 aliphatic rings. The fourth-order valence-corrected chi connectivity index (χ4v) is 5.46. The van der Waals surface area contributed by atoms with Crippen molar-refractivity contribution in [3.8, 4) is 11.5 Å². The molecular weight excluding hydrogens is 344 g/mol. The molecule has 0 N–H and O–H groups in total. The lowest BCUT2D eigenvalue weighted by atomic mass is 9.53. The Morgan fingerprint density at radius 2 is 1.35 bits per heavy atom. The zero-order valence-electron chi connectivity index (χ0n) is 14.8. The van der Waals surface area contributed by atoms with Crippen LogP contribution in [0.5, 0.6) is 11.5 Å². The average Bonchev–Trinajstić information content (AvgIpc) is 2.72. The van der Waals surface area contributed by atoms with Crippen LogP contribution < -0.4 is 9.47 Å². The van der Waals surface area contributed by atoms with Gasteiger partial charge in [-0.05, 0) is 34.4 Å². The molecule has 3 aliphatic carbocycles. The smallest absolute Gasteiger partial charge is 0.123 e. The van der Waals surface area contributed by atoms with E-state index >= 15 is 0 Å². The first kappa shape index (κ1) is 15.8. The predicted molar refractivity (Wildman–Crippen MR) is 104 cm³/mol. The van der Waals surface area contributed by atoms with E-state index in [0.29, 0.717) is 5.88 Å². The van der Waals surface area contributed by atoms with E-state index < -0.39 is 5.41 Å². The van der Waals surface area contributed by atoms with Gasteiger partial charge in [0.15, 0.2) is 0 Å². The molecule has 0 atom stereocenters. The number of methoxy groups -OCH3 is 2. The van der Waals surface area contributed by atoms with Gasteiger partial charge >= 0.3 is 0 Å². The number of ether oxygens (including phenoxy) is 2. The van der Waals surface area contributed by atoms with Crippen molar-refractivity contribution in [1.29, 1.82) is 0 Å². The van der Waals surface area contributed by atoms with Gasteiger partial charge in [-0.15, -0.1) is 11.6 Å². The van der Waals surface area contributed by atoms with Crippen molar-refractivity contribution in [2.24, 2.45) is 0 Å². The van der Waals surface area contributed by atoms with Crippen molar-refractivity contribution < 1.29 is 9.47 Å². The maximum Gasteiger partial charge on any atom is 0.123 e. The Balaban J connectivity index is 2.01. The SMILES string of the molecule is COc1ccc(OC)c2c1C1c3ccccc3C2(CCl)c2ccccc21. The summed E-state index contributed by atoms with van der Waals surface area (Å²) in [5.74, 6) is 2.34. The standard InChI is InChI=1S/C23H19ClO2/c1-25-18-11-12-19(26-2)22-21(18)20-14-7-3-5-9-16(14)23(22,13-24)17-10-6-4-8-15(17)20/h3-12,20H,13H2,1-2H3. The highest BCUT2D eigenvalue weighted by Crippen LogP contribution is 2.63. The Labute approximate surface area is 158 Å². The van der Waals surface area contributed by atoms with Gasteiger partial charge in [-0.3, -0.25) is 0 Å². The Hall–Kier alpha value is -2.45. The largest absolute Gasteiger partial charge is 0.496 e. The summed E-state index contributed by atoms with van der Waals surface area (Å²) in [5, 5.41) is 0. The fraction of sp³-hybridized carbons (Fsp3) is 0.217.